The Morgan fingerprint density at radius 1 is 1.13 bits per heavy atom. The van der Waals surface area contributed by atoms with Gasteiger partial charge in [-0.3, -0.25) is 4.99 Å². The van der Waals surface area contributed by atoms with E-state index < -0.39 is 0 Å². The molecule has 1 heterocycles. The summed E-state index contributed by atoms with van der Waals surface area (Å²) in [5.41, 5.74) is 3.66. The molecular weight excluding hydrogens is 491 g/mol. The lowest BCUT2D eigenvalue weighted by molar-refractivity contribution is 0.122. The van der Waals surface area contributed by atoms with E-state index in [4.69, 9.17) is 9.47 Å². The number of guanidine groups is 1. The number of nitrogens with one attached hydrogen (secondary N) is 2. The van der Waals surface area contributed by atoms with Crippen LogP contribution in [0.3, 0.4) is 0 Å². The van der Waals surface area contributed by atoms with Crippen LogP contribution in [0, 0.1) is 6.92 Å². The fraction of sp³-hybridized carbons (Fsp3) is 0.435. The number of ether oxygens (including phenoxy) is 2. The highest BCUT2D eigenvalue weighted by Crippen LogP contribution is 2.16. The number of anilines is 1. The number of halogens is 1. The van der Waals surface area contributed by atoms with Crippen LogP contribution < -0.4 is 20.3 Å². The first-order valence-electron chi connectivity index (χ1n) is 10.2. The number of rotatable bonds is 7. The van der Waals surface area contributed by atoms with E-state index in [0.29, 0.717) is 6.54 Å². The number of hydrogen-bond donors (Lipinski definition) is 2. The highest BCUT2D eigenvalue weighted by atomic mass is 127. The molecule has 6 nitrogen and oxygen atoms in total. The Morgan fingerprint density at radius 3 is 2.53 bits per heavy atom. The summed E-state index contributed by atoms with van der Waals surface area (Å²) in [6.07, 6.45) is 0.0307. The summed E-state index contributed by atoms with van der Waals surface area (Å²) in [6.45, 7) is 9.02. The number of benzene rings is 2. The van der Waals surface area contributed by atoms with Crippen LogP contribution in [0.15, 0.2) is 53.5 Å². The molecule has 1 aliphatic rings. The van der Waals surface area contributed by atoms with Crippen LogP contribution in [-0.4, -0.2) is 52.0 Å². The summed E-state index contributed by atoms with van der Waals surface area (Å²) in [7, 11) is 1.78. The second-order valence-electron chi connectivity index (χ2n) is 7.32. The Kier molecular flexibility index (Phi) is 10.2. The minimum absolute atomic E-state index is 0. The summed E-state index contributed by atoms with van der Waals surface area (Å²) in [6, 6.07) is 16.8. The van der Waals surface area contributed by atoms with Crippen LogP contribution in [0.2, 0.25) is 0 Å². The van der Waals surface area contributed by atoms with Gasteiger partial charge in [0.05, 0.1) is 19.8 Å². The highest BCUT2D eigenvalue weighted by Gasteiger charge is 2.11. The molecule has 3 rings (SSSR count). The van der Waals surface area contributed by atoms with E-state index in [1.807, 2.05) is 25.1 Å². The first-order valence-corrected chi connectivity index (χ1v) is 10.2. The number of aliphatic imine (C=N–C) groups is 1. The molecule has 0 aromatic heterocycles. The van der Waals surface area contributed by atoms with Gasteiger partial charge >= 0.3 is 0 Å². The summed E-state index contributed by atoms with van der Waals surface area (Å²) in [4.78, 5) is 6.66. The number of nitrogens with zero attached hydrogens (tertiary/aromatic N) is 2. The molecule has 0 aliphatic carbocycles. The highest BCUT2D eigenvalue weighted by molar-refractivity contribution is 14.0. The molecule has 0 spiro atoms. The van der Waals surface area contributed by atoms with Gasteiger partial charge in [-0.2, -0.15) is 0 Å². The molecule has 0 radical (unpaired) electrons. The molecule has 1 aliphatic heterocycles. The van der Waals surface area contributed by atoms with E-state index in [1.54, 1.807) is 7.05 Å². The van der Waals surface area contributed by atoms with Gasteiger partial charge in [0.1, 0.15) is 11.9 Å². The third-order valence-corrected chi connectivity index (χ3v) is 4.88. The molecule has 2 N–H and O–H groups in total. The topological polar surface area (TPSA) is 58.1 Å². The zero-order chi connectivity index (χ0) is 20.5. The molecular formula is C23H33IN4O2. The Bertz CT molecular complexity index is 792. The smallest absolute Gasteiger partial charge is 0.191 e. The molecule has 1 unspecified atom stereocenters. The minimum atomic E-state index is 0. The van der Waals surface area contributed by atoms with Crippen LogP contribution >= 0.6 is 24.0 Å². The third-order valence-electron chi connectivity index (χ3n) is 4.88. The predicted molar refractivity (Wildman–Crippen MR) is 134 cm³/mol. The zero-order valence-corrected chi connectivity index (χ0v) is 20.4. The first-order chi connectivity index (χ1) is 14.1. The van der Waals surface area contributed by atoms with E-state index >= 15 is 0 Å². The average Bonchev–Trinajstić information content (AvgIpc) is 2.75. The SMILES string of the molecule is CN=C(NCc1ccc(N2CCOCC2)cc1)NCC(C)Oc1cccc(C)c1.I. The molecule has 2 aromatic rings. The molecule has 2 aromatic carbocycles. The number of morpholine rings is 1. The summed E-state index contributed by atoms with van der Waals surface area (Å²) in [5, 5.41) is 6.69. The van der Waals surface area contributed by atoms with Gasteiger partial charge in [-0.15, -0.1) is 24.0 Å². The van der Waals surface area contributed by atoms with Gasteiger partial charge in [0.25, 0.3) is 0 Å². The van der Waals surface area contributed by atoms with Crippen molar-refractivity contribution in [3.05, 3.63) is 59.7 Å². The van der Waals surface area contributed by atoms with Crippen molar-refractivity contribution in [2.45, 2.75) is 26.5 Å². The van der Waals surface area contributed by atoms with Crippen molar-refractivity contribution < 1.29 is 9.47 Å². The molecule has 0 saturated carbocycles. The molecule has 30 heavy (non-hydrogen) atoms. The van der Waals surface area contributed by atoms with E-state index in [9.17, 15) is 0 Å². The quantitative estimate of drug-likeness (QED) is 0.330. The van der Waals surface area contributed by atoms with Crippen molar-refractivity contribution in [2.75, 3.05) is 44.8 Å². The maximum Gasteiger partial charge on any atom is 0.191 e. The molecule has 1 fully saturated rings. The Labute approximate surface area is 197 Å². The van der Waals surface area contributed by atoms with E-state index in [0.717, 1.165) is 44.6 Å². The molecule has 1 saturated heterocycles. The first kappa shape index (κ1) is 24.3. The predicted octanol–water partition coefficient (Wildman–Crippen LogP) is 3.58. The van der Waals surface area contributed by atoms with Crippen LogP contribution in [0.4, 0.5) is 5.69 Å². The maximum absolute atomic E-state index is 5.96. The van der Waals surface area contributed by atoms with Crippen molar-refractivity contribution in [1.29, 1.82) is 0 Å². The zero-order valence-electron chi connectivity index (χ0n) is 18.1. The van der Waals surface area contributed by atoms with Gasteiger partial charge in [-0.05, 0) is 49.2 Å². The van der Waals surface area contributed by atoms with E-state index in [2.05, 4.69) is 57.8 Å². The molecule has 0 amide bonds. The van der Waals surface area contributed by atoms with Crippen molar-refractivity contribution in [3.63, 3.8) is 0 Å². The lowest BCUT2D eigenvalue weighted by Crippen LogP contribution is -2.41. The fourth-order valence-electron chi connectivity index (χ4n) is 3.26. The average molecular weight is 524 g/mol. The number of hydrogen-bond acceptors (Lipinski definition) is 4. The molecule has 7 heteroatoms. The van der Waals surface area contributed by atoms with Crippen molar-refractivity contribution >= 4 is 35.6 Å². The normalized spacial score (nSPS) is 15.2. The van der Waals surface area contributed by atoms with Crippen LogP contribution in [0.5, 0.6) is 5.75 Å². The van der Waals surface area contributed by atoms with Crippen LogP contribution in [0.25, 0.3) is 0 Å². The van der Waals surface area contributed by atoms with Gasteiger partial charge in [0.2, 0.25) is 0 Å². The van der Waals surface area contributed by atoms with Crippen molar-refractivity contribution in [3.8, 4) is 5.75 Å². The van der Waals surface area contributed by atoms with Crippen LogP contribution in [-0.2, 0) is 11.3 Å². The number of aryl methyl sites for hydroxylation is 1. The van der Waals surface area contributed by atoms with Gasteiger partial charge in [-0.25, -0.2) is 0 Å². The van der Waals surface area contributed by atoms with Gasteiger partial charge in [0, 0.05) is 32.4 Å². The van der Waals surface area contributed by atoms with Crippen molar-refractivity contribution in [1.82, 2.24) is 10.6 Å². The monoisotopic (exact) mass is 524 g/mol. The van der Waals surface area contributed by atoms with Crippen molar-refractivity contribution in [2.24, 2.45) is 4.99 Å². The molecule has 1 atom stereocenters. The van der Waals surface area contributed by atoms with E-state index in [-0.39, 0.29) is 30.1 Å². The standard InChI is InChI=1S/C23H32N4O2.HI/c1-18-5-4-6-22(15-18)29-19(2)16-25-23(24-3)26-17-20-7-9-21(10-8-20)27-11-13-28-14-12-27;/h4-10,15,19H,11-14,16-17H2,1-3H3,(H2,24,25,26);1H. The fourth-order valence-corrected chi connectivity index (χ4v) is 3.26. The van der Waals surface area contributed by atoms with Crippen LogP contribution in [0.1, 0.15) is 18.1 Å². The third kappa shape index (κ3) is 7.68. The second kappa shape index (κ2) is 12.6. The second-order valence-corrected chi connectivity index (χ2v) is 7.32. The Morgan fingerprint density at radius 2 is 1.87 bits per heavy atom. The van der Waals surface area contributed by atoms with Gasteiger partial charge in [-0.1, -0.05) is 24.3 Å². The van der Waals surface area contributed by atoms with E-state index in [1.165, 1.54) is 16.8 Å². The van der Waals surface area contributed by atoms with Gasteiger partial charge in [0.15, 0.2) is 5.96 Å². The summed E-state index contributed by atoms with van der Waals surface area (Å²) < 4.78 is 11.4. The largest absolute Gasteiger partial charge is 0.489 e. The lowest BCUT2D eigenvalue weighted by Gasteiger charge is -2.29. The molecule has 164 valence electrons. The minimum Gasteiger partial charge on any atom is -0.489 e. The summed E-state index contributed by atoms with van der Waals surface area (Å²) in [5.74, 6) is 1.66. The maximum atomic E-state index is 5.96. The Hall–Kier alpha value is -2.00. The van der Waals surface area contributed by atoms with Gasteiger partial charge < -0.3 is 25.0 Å². The molecule has 0 bridgehead atoms. The Balaban J connectivity index is 0.00000320. The lowest BCUT2D eigenvalue weighted by atomic mass is 10.2. The summed E-state index contributed by atoms with van der Waals surface area (Å²) >= 11 is 0.